The third-order valence-corrected chi connectivity index (χ3v) is 3.14. The Bertz CT molecular complexity index is 427. The first kappa shape index (κ1) is 14.1. The first-order valence-electron chi connectivity index (χ1n) is 5.19. The Morgan fingerprint density at radius 3 is 2.41 bits per heavy atom. The van der Waals surface area contributed by atoms with Crippen LogP contribution in [0.5, 0.6) is 0 Å². The summed E-state index contributed by atoms with van der Waals surface area (Å²) in [5, 5.41) is 0. The lowest BCUT2D eigenvalue weighted by Crippen LogP contribution is -2.26. The van der Waals surface area contributed by atoms with Crippen LogP contribution in [0.1, 0.15) is 11.1 Å². The summed E-state index contributed by atoms with van der Waals surface area (Å²) in [7, 11) is -1.94. The normalized spacial score (nSPS) is 11.6. The molecular weight excluding hydrogens is 242 g/mol. The number of hydrogen-bond donors (Lipinski definition) is 1. The number of hydrogen-bond acceptors (Lipinski definition) is 4. The molecule has 0 fully saturated rings. The van der Waals surface area contributed by atoms with E-state index in [4.69, 9.17) is 9.57 Å². The van der Waals surface area contributed by atoms with Gasteiger partial charge < -0.3 is 4.74 Å². The number of sulfonamides is 1. The molecule has 0 aliphatic heterocycles. The summed E-state index contributed by atoms with van der Waals surface area (Å²) in [6.45, 7) is 2.47. The highest BCUT2D eigenvalue weighted by atomic mass is 32.2. The van der Waals surface area contributed by atoms with Crippen LogP contribution in [-0.2, 0) is 25.4 Å². The number of rotatable bonds is 7. The zero-order valence-electron chi connectivity index (χ0n) is 9.97. The van der Waals surface area contributed by atoms with Gasteiger partial charge in [0.15, 0.2) is 0 Å². The molecule has 1 rings (SSSR count). The second-order valence-corrected chi connectivity index (χ2v) is 5.35. The Morgan fingerprint density at radius 2 is 1.82 bits per heavy atom. The first-order chi connectivity index (χ1) is 8.03. The predicted octanol–water partition coefficient (Wildman–Crippen LogP) is 0.992. The summed E-state index contributed by atoms with van der Waals surface area (Å²) in [5.74, 6) is -0.0970. The molecule has 1 N–H and O–H groups in total. The molecule has 0 atom stereocenters. The SMILES string of the molecule is COCCONS(=O)(=O)Cc1ccc(C)cc1. The van der Waals surface area contributed by atoms with Gasteiger partial charge in [0.05, 0.1) is 19.0 Å². The molecule has 6 heteroatoms. The lowest BCUT2D eigenvalue weighted by atomic mass is 10.2. The molecule has 17 heavy (non-hydrogen) atoms. The van der Waals surface area contributed by atoms with E-state index in [0.717, 1.165) is 11.1 Å². The van der Waals surface area contributed by atoms with Crippen LogP contribution >= 0.6 is 0 Å². The zero-order chi connectivity index (χ0) is 12.7. The smallest absolute Gasteiger partial charge is 0.237 e. The highest BCUT2D eigenvalue weighted by Gasteiger charge is 2.11. The van der Waals surface area contributed by atoms with Gasteiger partial charge in [0.1, 0.15) is 0 Å². The van der Waals surface area contributed by atoms with Crippen LogP contribution in [0.4, 0.5) is 0 Å². The molecule has 0 unspecified atom stereocenters. The summed E-state index contributed by atoms with van der Waals surface area (Å²) in [4.78, 5) is 6.82. The Labute approximate surface area is 102 Å². The molecule has 0 amide bonds. The van der Waals surface area contributed by atoms with Crippen molar-refractivity contribution in [2.75, 3.05) is 20.3 Å². The minimum atomic E-state index is -3.46. The molecule has 1 aromatic carbocycles. The minimum Gasteiger partial charge on any atom is -0.382 e. The van der Waals surface area contributed by atoms with E-state index in [1.165, 1.54) is 7.11 Å². The summed E-state index contributed by atoms with van der Waals surface area (Å²) in [5.41, 5.74) is 1.81. The van der Waals surface area contributed by atoms with E-state index in [2.05, 4.69) is 0 Å². The average molecular weight is 259 g/mol. The predicted molar refractivity (Wildman–Crippen MR) is 64.8 cm³/mol. The van der Waals surface area contributed by atoms with Crippen LogP contribution in [-0.4, -0.2) is 28.7 Å². The van der Waals surface area contributed by atoms with Crippen LogP contribution in [0.2, 0.25) is 0 Å². The molecule has 0 heterocycles. The van der Waals surface area contributed by atoms with Crippen molar-refractivity contribution >= 4 is 10.0 Å². The molecule has 1 aromatic rings. The second kappa shape index (κ2) is 6.70. The summed E-state index contributed by atoms with van der Waals surface area (Å²) >= 11 is 0. The maximum absolute atomic E-state index is 11.6. The fourth-order valence-electron chi connectivity index (χ4n) is 1.19. The van der Waals surface area contributed by atoms with Crippen LogP contribution in [0, 0.1) is 6.92 Å². The molecule has 0 saturated carbocycles. The lowest BCUT2D eigenvalue weighted by Gasteiger charge is -2.07. The largest absolute Gasteiger partial charge is 0.382 e. The highest BCUT2D eigenvalue weighted by Crippen LogP contribution is 2.06. The van der Waals surface area contributed by atoms with Crippen molar-refractivity contribution < 1.29 is 18.0 Å². The van der Waals surface area contributed by atoms with Gasteiger partial charge in [-0.25, -0.2) is 8.42 Å². The van der Waals surface area contributed by atoms with Gasteiger partial charge in [0, 0.05) is 7.11 Å². The average Bonchev–Trinajstić information content (AvgIpc) is 2.27. The lowest BCUT2D eigenvalue weighted by molar-refractivity contribution is 0.0438. The molecule has 0 radical (unpaired) electrons. The van der Waals surface area contributed by atoms with Crippen LogP contribution in [0.15, 0.2) is 24.3 Å². The summed E-state index contributed by atoms with van der Waals surface area (Å²) < 4.78 is 27.9. The maximum atomic E-state index is 11.6. The number of aryl methyl sites for hydroxylation is 1. The van der Waals surface area contributed by atoms with Gasteiger partial charge >= 0.3 is 0 Å². The number of nitrogens with one attached hydrogen (secondary N) is 1. The third-order valence-electron chi connectivity index (χ3n) is 2.05. The molecule has 0 saturated heterocycles. The van der Waals surface area contributed by atoms with E-state index in [1.807, 2.05) is 23.9 Å². The standard InChI is InChI=1S/C11H17NO4S/c1-10-3-5-11(6-4-10)9-17(13,14)12-16-8-7-15-2/h3-6,12H,7-9H2,1-2H3. The molecule has 96 valence electrons. The van der Waals surface area contributed by atoms with Gasteiger partial charge in [0.25, 0.3) is 0 Å². The Morgan fingerprint density at radius 1 is 1.18 bits per heavy atom. The van der Waals surface area contributed by atoms with E-state index in [9.17, 15) is 8.42 Å². The molecule has 0 bridgehead atoms. The van der Waals surface area contributed by atoms with Crippen molar-refractivity contribution in [2.24, 2.45) is 0 Å². The van der Waals surface area contributed by atoms with Gasteiger partial charge in [-0.05, 0) is 12.5 Å². The molecule has 5 nitrogen and oxygen atoms in total. The van der Waals surface area contributed by atoms with Crippen molar-refractivity contribution in [3.05, 3.63) is 35.4 Å². The zero-order valence-corrected chi connectivity index (χ0v) is 10.8. The highest BCUT2D eigenvalue weighted by molar-refractivity contribution is 7.88. The van der Waals surface area contributed by atoms with E-state index in [1.54, 1.807) is 12.1 Å². The Balaban J connectivity index is 2.46. The van der Waals surface area contributed by atoms with Crippen molar-refractivity contribution in [1.29, 1.82) is 0 Å². The van der Waals surface area contributed by atoms with Gasteiger partial charge in [-0.2, -0.15) is 0 Å². The van der Waals surface area contributed by atoms with Crippen molar-refractivity contribution in [3.63, 3.8) is 0 Å². The number of benzene rings is 1. The fraction of sp³-hybridized carbons (Fsp3) is 0.455. The van der Waals surface area contributed by atoms with E-state index >= 15 is 0 Å². The van der Waals surface area contributed by atoms with E-state index < -0.39 is 10.0 Å². The Hall–Kier alpha value is -0.950. The molecule has 0 aliphatic rings. The van der Waals surface area contributed by atoms with E-state index in [0.29, 0.717) is 6.61 Å². The molecular formula is C11H17NO4S. The van der Waals surface area contributed by atoms with Gasteiger partial charge in [-0.1, -0.05) is 34.7 Å². The maximum Gasteiger partial charge on any atom is 0.237 e. The van der Waals surface area contributed by atoms with Gasteiger partial charge in [0.2, 0.25) is 10.0 Å². The van der Waals surface area contributed by atoms with Crippen LogP contribution < -0.4 is 4.89 Å². The third kappa shape index (κ3) is 5.78. The number of methoxy groups -OCH3 is 1. The number of ether oxygens (including phenoxy) is 1. The van der Waals surface area contributed by atoms with Gasteiger partial charge in [-0.3, -0.25) is 4.84 Å². The quantitative estimate of drug-likeness (QED) is 0.586. The van der Waals surface area contributed by atoms with Crippen molar-refractivity contribution in [2.45, 2.75) is 12.7 Å². The van der Waals surface area contributed by atoms with Crippen molar-refractivity contribution in [1.82, 2.24) is 4.89 Å². The fourth-order valence-corrected chi connectivity index (χ4v) is 2.14. The summed E-state index contributed by atoms with van der Waals surface area (Å²) in [6, 6.07) is 7.31. The molecule has 0 spiro atoms. The topological polar surface area (TPSA) is 64.6 Å². The van der Waals surface area contributed by atoms with E-state index in [-0.39, 0.29) is 12.4 Å². The Kier molecular flexibility index (Phi) is 5.57. The molecule has 0 aromatic heterocycles. The van der Waals surface area contributed by atoms with Gasteiger partial charge in [-0.15, -0.1) is 0 Å². The second-order valence-electron chi connectivity index (χ2n) is 3.67. The minimum absolute atomic E-state index is 0.0970. The monoisotopic (exact) mass is 259 g/mol. The van der Waals surface area contributed by atoms with Crippen LogP contribution in [0.3, 0.4) is 0 Å². The van der Waals surface area contributed by atoms with Crippen molar-refractivity contribution in [3.8, 4) is 0 Å². The summed E-state index contributed by atoms with van der Waals surface area (Å²) in [6.07, 6.45) is 0. The first-order valence-corrected chi connectivity index (χ1v) is 6.84. The van der Waals surface area contributed by atoms with Crippen LogP contribution in [0.25, 0.3) is 0 Å². The molecule has 0 aliphatic carbocycles.